The molecule has 0 aliphatic rings. The molecule has 6 nitrogen and oxygen atoms in total. The van der Waals surface area contributed by atoms with Crippen LogP contribution < -0.4 is 11.1 Å². The van der Waals surface area contributed by atoms with E-state index in [0.717, 1.165) is 19.5 Å². The van der Waals surface area contributed by atoms with Crippen molar-refractivity contribution in [2.45, 2.75) is 25.8 Å². The van der Waals surface area contributed by atoms with E-state index in [1.807, 2.05) is 6.92 Å². The van der Waals surface area contributed by atoms with Crippen LogP contribution in [-0.4, -0.2) is 70.5 Å². The number of ether oxygens (including phenoxy) is 2. The van der Waals surface area contributed by atoms with Crippen molar-refractivity contribution in [3.63, 3.8) is 0 Å². The van der Waals surface area contributed by atoms with Crippen LogP contribution in [0, 0.1) is 0 Å². The molecule has 0 aromatic rings. The first-order valence-electron chi connectivity index (χ1n) is 6.88. The van der Waals surface area contributed by atoms with E-state index in [9.17, 15) is 4.79 Å². The van der Waals surface area contributed by atoms with E-state index >= 15 is 0 Å². The normalized spacial score (nSPS) is 12.7. The lowest BCUT2D eigenvalue weighted by molar-refractivity contribution is -0.122. The lowest BCUT2D eigenvalue weighted by Crippen LogP contribution is -2.46. The fourth-order valence-corrected chi connectivity index (χ4v) is 1.81. The fourth-order valence-electron chi connectivity index (χ4n) is 1.81. The van der Waals surface area contributed by atoms with Gasteiger partial charge in [-0.1, -0.05) is 6.92 Å². The standard InChI is InChI=1S/C13H29N3O3/c1-4-5-15-13(17)10-12(11-14)16(6-8-18-2)7-9-19-3/h12H,4-11,14H2,1-3H3,(H,15,17). The monoisotopic (exact) mass is 275 g/mol. The van der Waals surface area contributed by atoms with Gasteiger partial charge in [0.25, 0.3) is 0 Å². The van der Waals surface area contributed by atoms with Gasteiger partial charge >= 0.3 is 0 Å². The average molecular weight is 275 g/mol. The highest BCUT2D eigenvalue weighted by atomic mass is 16.5. The summed E-state index contributed by atoms with van der Waals surface area (Å²) in [4.78, 5) is 13.9. The summed E-state index contributed by atoms with van der Waals surface area (Å²) in [5.74, 6) is 0.0529. The second kappa shape index (κ2) is 12.3. The largest absolute Gasteiger partial charge is 0.383 e. The number of hydrogen-bond donors (Lipinski definition) is 2. The summed E-state index contributed by atoms with van der Waals surface area (Å²) in [5, 5.41) is 2.88. The highest BCUT2D eigenvalue weighted by Gasteiger charge is 2.19. The molecule has 0 aromatic carbocycles. The first-order valence-corrected chi connectivity index (χ1v) is 6.88. The number of methoxy groups -OCH3 is 2. The van der Waals surface area contributed by atoms with Gasteiger partial charge in [-0.05, 0) is 6.42 Å². The summed E-state index contributed by atoms with van der Waals surface area (Å²) in [6.45, 7) is 5.95. The van der Waals surface area contributed by atoms with E-state index in [4.69, 9.17) is 15.2 Å². The van der Waals surface area contributed by atoms with Crippen molar-refractivity contribution >= 4 is 5.91 Å². The van der Waals surface area contributed by atoms with Crippen molar-refractivity contribution < 1.29 is 14.3 Å². The summed E-state index contributed by atoms with van der Waals surface area (Å²) in [6.07, 6.45) is 1.36. The SMILES string of the molecule is CCCNC(=O)CC(CN)N(CCOC)CCOC. The van der Waals surface area contributed by atoms with Crippen molar-refractivity contribution in [1.82, 2.24) is 10.2 Å². The van der Waals surface area contributed by atoms with Gasteiger partial charge in [-0.25, -0.2) is 0 Å². The predicted molar refractivity (Wildman–Crippen MR) is 76.1 cm³/mol. The van der Waals surface area contributed by atoms with Crippen molar-refractivity contribution in [2.24, 2.45) is 5.73 Å². The Labute approximate surface area is 116 Å². The molecule has 0 aliphatic carbocycles. The van der Waals surface area contributed by atoms with Crippen LogP contribution in [0.3, 0.4) is 0 Å². The van der Waals surface area contributed by atoms with Crippen molar-refractivity contribution in [1.29, 1.82) is 0 Å². The first kappa shape index (κ1) is 18.3. The molecule has 0 saturated carbocycles. The Hall–Kier alpha value is -0.690. The molecule has 1 amide bonds. The minimum absolute atomic E-state index is 0.0298. The molecule has 1 unspecified atom stereocenters. The third-order valence-electron chi connectivity index (χ3n) is 2.95. The van der Waals surface area contributed by atoms with Crippen LogP contribution in [0.4, 0.5) is 0 Å². The number of nitrogens with zero attached hydrogens (tertiary/aromatic N) is 1. The van der Waals surface area contributed by atoms with Gasteiger partial charge < -0.3 is 20.5 Å². The molecule has 114 valence electrons. The molecule has 0 aliphatic heterocycles. The topological polar surface area (TPSA) is 76.8 Å². The van der Waals surface area contributed by atoms with Crippen molar-refractivity contribution in [2.75, 3.05) is 53.6 Å². The molecule has 6 heteroatoms. The van der Waals surface area contributed by atoms with Gasteiger partial charge in [-0.2, -0.15) is 0 Å². The Kier molecular flexibility index (Phi) is 11.9. The Balaban J connectivity index is 4.31. The van der Waals surface area contributed by atoms with Crippen LogP contribution >= 0.6 is 0 Å². The summed E-state index contributed by atoms with van der Waals surface area (Å²) < 4.78 is 10.2. The maximum Gasteiger partial charge on any atom is 0.221 e. The second-order valence-electron chi connectivity index (χ2n) is 4.47. The van der Waals surface area contributed by atoms with Crippen LogP contribution in [-0.2, 0) is 14.3 Å². The number of hydrogen-bond acceptors (Lipinski definition) is 5. The molecule has 3 N–H and O–H groups in total. The van der Waals surface area contributed by atoms with E-state index in [0.29, 0.717) is 32.7 Å². The van der Waals surface area contributed by atoms with E-state index in [1.165, 1.54) is 0 Å². The summed E-state index contributed by atoms with van der Waals surface area (Å²) in [7, 11) is 3.33. The van der Waals surface area contributed by atoms with Gasteiger partial charge in [0, 0.05) is 52.9 Å². The van der Waals surface area contributed by atoms with Crippen LogP contribution in [0.2, 0.25) is 0 Å². The van der Waals surface area contributed by atoms with Crippen LogP contribution in [0.25, 0.3) is 0 Å². The fraction of sp³-hybridized carbons (Fsp3) is 0.923. The van der Waals surface area contributed by atoms with E-state index in [-0.39, 0.29) is 11.9 Å². The van der Waals surface area contributed by atoms with Gasteiger partial charge in [0.2, 0.25) is 5.91 Å². The maximum absolute atomic E-state index is 11.8. The predicted octanol–water partition coefficient (Wildman–Crippen LogP) is -0.175. The quantitative estimate of drug-likeness (QED) is 0.517. The number of carbonyl (C=O) groups excluding carboxylic acids is 1. The molecule has 0 saturated heterocycles. The second-order valence-corrected chi connectivity index (χ2v) is 4.47. The molecule has 0 spiro atoms. The zero-order valence-corrected chi connectivity index (χ0v) is 12.5. The van der Waals surface area contributed by atoms with Crippen LogP contribution in [0.5, 0.6) is 0 Å². The Bertz CT molecular complexity index is 219. The van der Waals surface area contributed by atoms with Crippen LogP contribution in [0.1, 0.15) is 19.8 Å². The zero-order valence-electron chi connectivity index (χ0n) is 12.5. The van der Waals surface area contributed by atoms with Gasteiger partial charge in [-0.3, -0.25) is 9.69 Å². The number of amides is 1. The Morgan fingerprint density at radius 1 is 1.26 bits per heavy atom. The number of rotatable bonds is 12. The molecule has 0 bridgehead atoms. The number of nitrogens with two attached hydrogens (primary N) is 1. The summed E-state index contributed by atoms with van der Waals surface area (Å²) >= 11 is 0. The van der Waals surface area contributed by atoms with Gasteiger partial charge in [0.05, 0.1) is 13.2 Å². The van der Waals surface area contributed by atoms with Crippen molar-refractivity contribution in [3.8, 4) is 0 Å². The number of nitrogens with one attached hydrogen (secondary N) is 1. The maximum atomic E-state index is 11.8. The van der Waals surface area contributed by atoms with E-state index < -0.39 is 0 Å². The van der Waals surface area contributed by atoms with Crippen molar-refractivity contribution in [3.05, 3.63) is 0 Å². The third-order valence-corrected chi connectivity index (χ3v) is 2.95. The molecule has 0 aromatic heterocycles. The molecule has 0 radical (unpaired) electrons. The lowest BCUT2D eigenvalue weighted by atomic mass is 10.1. The highest BCUT2D eigenvalue weighted by molar-refractivity contribution is 5.76. The first-order chi connectivity index (χ1) is 9.19. The summed E-state index contributed by atoms with van der Waals surface area (Å²) in [6, 6.07) is 0.0298. The third kappa shape index (κ3) is 8.93. The van der Waals surface area contributed by atoms with Gasteiger partial charge in [0.15, 0.2) is 0 Å². The highest BCUT2D eigenvalue weighted by Crippen LogP contribution is 2.03. The Morgan fingerprint density at radius 2 is 1.84 bits per heavy atom. The van der Waals surface area contributed by atoms with Crippen LogP contribution in [0.15, 0.2) is 0 Å². The zero-order chi connectivity index (χ0) is 14.5. The molecule has 19 heavy (non-hydrogen) atoms. The summed E-state index contributed by atoms with van der Waals surface area (Å²) in [5.41, 5.74) is 5.79. The van der Waals surface area contributed by atoms with Gasteiger partial charge in [0.1, 0.15) is 0 Å². The van der Waals surface area contributed by atoms with E-state index in [1.54, 1.807) is 14.2 Å². The molecular weight excluding hydrogens is 246 g/mol. The average Bonchev–Trinajstić information content (AvgIpc) is 2.43. The minimum atomic E-state index is 0.0298. The lowest BCUT2D eigenvalue weighted by Gasteiger charge is -2.30. The smallest absolute Gasteiger partial charge is 0.221 e. The molecule has 1 atom stereocenters. The minimum Gasteiger partial charge on any atom is -0.383 e. The molecule has 0 fully saturated rings. The molecule has 0 rings (SSSR count). The molecule has 0 heterocycles. The number of carbonyl (C=O) groups is 1. The van der Waals surface area contributed by atoms with E-state index in [2.05, 4.69) is 10.2 Å². The van der Waals surface area contributed by atoms with Gasteiger partial charge in [-0.15, -0.1) is 0 Å². The Morgan fingerprint density at radius 3 is 2.26 bits per heavy atom. The molecular formula is C13H29N3O3.